The summed E-state index contributed by atoms with van der Waals surface area (Å²) in [5.74, 6) is 0.430. The fourth-order valence-corrected chi connectivity index (χ4v) is 1.56. The fraction of sp³-hybridized carbons (Fsp3) is 0.917. The van der Waals surface area contributed by atoms with Crippen molar-refractivity contribution in [1.82, 2.24) is 0 Å². The molecule has 2 N–H and O–H groups in total. The fourth-order valence-electron chi connectivity index (χ4n) is 1.56. The lowest BCUT2D eigenvalue weighted by atomic mass is 9.94. The van der Waals surface area contributed by atoms with Gasteiger partial charge in [-0.1, -0.05) is 13.8 Å². The van der Waals surface area contributed by atoms with Crippen LogP contribution in [-0.2, 0) is 9.53 Å². The molecule has 1 unspecified atom stereocenters. The van der Waals surface area contributed by atoms with Gasteiger partial charge in [-0.2, -0.15) is 0 Å². The second-order valence-corrected chi connectivity index (χ2v) is 4.73. The number of rotatable bonds is 8. The Morgan fingerprint density at radius 1 is 1.38 bits per heavy atom. The predicted octanol–water partition coefficient (Wildman–Crippen LogP) is 2.29. The zero-order chi connectivity index (χ0) is 12.6. The van der Waals surface area contributed by atoms with Crippen LogP contribution in [0.1, 0.15) is 40.0 Å². The first-order valence-electron chi connectivity index (χ1n) is 5.95. The average molecular weight is 233 g/mol. The maximum absolute atomic E-state index is 12.4. The first-order chi connectivity index (χ1) is 7.45. The second kappa shape index (κ2) is 8.50. The molecular weight excluding hydrogens is 209 g/mol. The minimum Gasteiger partial charge on any atom is -0.466 e. The third kappa shape index (κ3) is 8.65. The van der Waals surface area contributed by atoms with Gasteiger partial charge in [0.2, 0.25) is 0 Å². The normalized spacial score (nSPS) is 14.9. The lowest BCUT2D eigenvalue weighted by Crippen LogP contribution is -2.21. The van der Waals surface area contributed by atoms with Crippen LogP contribution in [0.5, 0.6) is 0 Å². The Kier molecular flexibility index (Phi) is 8.16. The quantitative estimate of drug-likeness (QED) is 0.654. The molecule has 0 amide bonds. The average Bonchev–Trinajstić information content (AvgIpc) is 2.15. The molecular formula is C12H24FNO2. The van der Waals surface area contributed by atoms with Gasteiger partial charge in [0.1, 0.15) is 6.17 Å². The lowest BCUT2D eigenvalue weighted by Gasteiger charge is -2.16. The Morgan fingerprint density at radius 2 is 2.00 bits per heavy atom. The minimum absolute atomic E-state index is 0.162. The smallest absolute Gasteiger partial charge is 0.306 e. The highest BCUT2D eigenvalue weighted by molar-refractivity contribution is 5.69. The summed E-state index contributed by atoms with van der Waals surface area (Å²) >= 11 is 0. The van der Waals surface area contributed by atoms with Crippen LogP contribution in [-0.4, -0.2) is 25.3 Å². The van der Waals surface area contributed by atoms with Crippen molar-refractivity contribution in [3.05, 3.63) is 0 Å². The molecule has 2 atom stereocenters. The molecule has 0 rings (SSSR count). The minimum atomic E-state index is -0.922. The van der Waals surface area contributed by atoms with E-state index in [9.17, 15) is 9.18 Å². The number of nitrogens with two attached hydrogens (primary N) is 1. The highest BCUT2D eigenvalue weighted by Crippen LogP contribution is 2.14. The van der Waals surface area contributed by atoms with Gasteiger partial charge in [-0.05, 0) is 31.7 Å². The number of hydrogen-bond acceptors (Lipinski definition) is 3. The highest BCUT2D eigenvalue weighted by Gasteiger charge is 2.15. The van der Waals surface area contributed by atoms with Crippen molar-refractivity contribution < 1.29 is 13.9 Å². The van der Waals surface area contributed by atoms with Gasteiger partial charge in [0.15, 0.2) is 0 Å². The van der Waals surface area contributed by atoms with E-state index in [1.165, 1.54) is 6.92 Å². The molecule has 0 saturated heterocycles. The topological polar surface area (TPSA) is 52.3 Å². The van der Waals surface area contributed by atoms with Gasteiger partial charge in [-0.3, -0.25) is 4.79 Å². The second-order valence-electron chi connectivity index (χ2n) is 4.73. The van der Waals surface area contributed by atoms with E-state index >= 15 is 0 Å². The van der Waals surface area contributed by atoms with Crippen molar-refractivity contribution in [3.63, 3.8) is 0 Å². The van der Waals surface area contributed by atoms with Gasteiger partial charge in [0.05, 0.1) is 6.61 Å². The van der Waals surface area contributed by atoms with E-state index in [-0.39, 0.29) is 24.9 Å². The molecule has 0 radical (unpaired) electrons. The number of alkyl halides is 1. The molecule has 3 nitrogen and oxygen atoms in total. The molecule has 0 aliphatic carbocycles. The van der Waals surface area contributed by atoms with Crippen molar-refractivity contribution in [1.29, 1.82) is 0 Å². The molecule has 0 aromatic heterocycles. The Labute approximate surface area is 97.5 Å². The molecule has 0 aromatic rings. The molecule has 0 heterocycles. The van der Waals surface area contributed by atoms with Crippen LogP contribution < -0.4 is 5.73 Å². The number of carbonyl (C=O) groups excluding carboxylic acids is 1. The zero-order valence-electron chi connectivity index (χ0n) is 10.5. The first kappa shape index (κ1) is 15.4. The number of hydrogen-bond donors (Lipinski definition) is 1. The number of halogens is 1. The molecule has 0 aromatic carbocycles. The van der Waals surface area contributed by atoms with E-state index in [4.69, 9.17) is 10.5 Å². The van der Waals surface area contributed by atoms with Crippen molar-refractivity contribution in [2.75, 3.05) is 13.2 Å². The summed E-state index contributed by atoms with van der Waals surface area (Å²) in [6, 6.07) is 0. The van der Waals surface area contributed by atoms with Crippen LogP contribution in [0.4, 0.5) is 4.39 Å². The molecule has 0 aliphatic rings. The summed E-state index contributed by atoms with van der Waals surface area (Å²) in [7, 11) is 0. The Balaban J connectivity index is 3.74. The molecule has 0 spiro atoms. The van der Waals surface area contributed by atoms with Crippen LogP contribution in [0.3, 0.4) is 0 Å². The molecule has 96 valence electrons. The molecule has 0 saturated carbocycles. The molecule has 0 fully saturated rings. The Morgan fingerprint density at radius 3 is 2.44 bits per heavy atom. The summed E-state index contributed by atoms with van der Waals surface area (Å²) in [5, 5.41) is 0. The van der Waals surface area contributed by atoms with Crippen molar-refractivity contribution in [3.8, 4) is 0 Å². The number of ether oxygens (including phenoxy) is 1. The highest BCUT2D eigenvalue weighted by atomic mass is 19.1. The van der Waals surface area contributed by atoms with Crippen LogP contribution in [0, 0.1) is 11.8 Å². The van der Waals surface area contributed by atoms with Gasteiger partial charge >= 0.3 is 5.97 Å². The van der Waals surface area contributed by atoms with Crippen molar-refractivity contribution >= 4 is 5.97 Å². The molecule has 0 bridgehead atoms. The van der Waals surface area contributed by atoms with Gasteiger partial charge in [0.25, 0.3) is 0 Å². The van der Waals surface area contributed by atoms with Crippen LogP contribution in [0.15, 0.2) is 0 Å². The van der Waals surface area contributed by atoms with E-state index in [0.717, 1.165) is 6.42 Å². The zero-order valence-corrected chi connectivity index (χ0v) is 10.5. The van der Waals surface area contributed by atoms with E-state index in [0.29, 0.717) is 18.9 Å². The van der Waals surface area contributed by atoms with E-state index in [1.54, 1.807) is 0 Å². The third-order valence-electron chi connectivity index (χ3n) is 2.37. The summed E-state index contributed by atoms with van der Waals surface area (Å²) in [6.07, 6.45) is 0.609. The Hall–Kier alpha value is -0.640. The summed E-state index contributed by atoms with van der Waals surface area (Å²) in [4.78, 5) is 11.4. The number of carbonyl (C=O) groups is 1. The summed E-state index contributed by atoms with van der Waals surface area (Å²) in [5.41, 5.74) is 5.58. The van der Waals surface area contributed by atoms with Gasteiger partial charge in [-0.15, -0.1) is 0 Å². The molecule has 4 heteroatoms. The molecule has 0 aliphatic heterocycles. The van der Waals surface area contributed by atoms with Gasteiger partial charge < -0.3 is 10.5 Å². The summed E-state index contributed by atoms with van der Waals surface area (Å²) in [6.45, 7) is 6.30. The first-order valence-corrected chi connectivity index (χ1v) is 5.95. The van der Waals surface area contributed by atoms with Crippen LogP contribution in [0.2, 0.25) is 0 Å². The molecule has 16 heavy (non-hydrogen) atoms. The van der Waals surface area contributed by atoms with Crippen LogP contribution >= 0.6 is 0 Å². The maximum Gasteiger partial charge on any atom is 0.306 e. The maximum atomic E-state index is 12.4. The van der Waals surface area contributed by atoms with E-state index in [1.807, 2.05) is 0 Å². The lowest BCUT2D eigenvalue weighted by molar-refractivity contribution is -0.145. The van der Waals surface area contributed by atoms with Gasteiger partial charge in [-0.25, -0.2) is 4.39 Å². The predicted molar refractivity (Wildman–Crippen MR) is 62.8 cm³/mol. The Bertz CT molecular complexity index is 195. The SMILES string of the molecule is CC(C)C[C@H](CN)CC(=O)OCCC(C)F. The van der Waals surface area contributed by atoms with Crippen molar-refractivity contribution in [2.24, 2.45) is 17.6 Å². The number of esters is 1. The van der Waals surface area contributed by atoms with Crippen LogP contribution in [0.25, 0.3) is 0 Å². The monoisotopic (exact) mass is 233 g/mol. The van der Waals surface area contributed by atoms with E-state index < -0.39 is 6.17 Å². The summed E-state index contributed by atoms with van der Waals surface area (Å²) < 4.78 is 17.4. The van der Waals surface area contributed by atoms with E-state index in [2.05, 4.69) is 13.8 Å². The van der Waals surface area contributed by atoms with Gasteiger partial charge in [0, 0.05) is 12.8 Å². The third-order valence-corrected chi connectivity index (χ3v) is 2.37. The standard InChI is InChI=1S/C12H24FNO2/c1-9(2)6-11(8-14)7-12(15)16-5-4-10(3)13/h9-11H,4-8,14H2,1-3H3/t10?,11-/m0/s1. The largest absolute Gasteiger partial charge is 0.466 e. The van der Waals surface area contributed by atoms with Crippen molar-refractivity contribution in [2.45, 2.75) is 46.2 Å².